The largest absolute Gasteiger partial charge is 0.494 e. The van der Waals surface area contributed by atoms with E-state index in [1.165, 1.54) is 16.8 Å². The Hall–Kier alpha value is -3.16. The molecule has 8 heteroatoms. The van der Waals surface area contributed by atoms with Crippen molar-refractivity contribution < 1.29 is 4.74 Å². The molecule has 0 aliphatic heterocycles. The van der Waals surface area contributed by atoms with Crippen molar-refractivity contribution in [2.24, 2.45) is 0 Å². The lowest BCUT2D eigenvalue weighted by molar-refractivity contribution is 0.411. The van der Waals surface area contributed by atoms with Crippen molar-refractivity contribution in [2.75, 3.05) is 7.11 Å². The zero-order valence-electron chi connectivity index (χ0n) is 15.0. The zero-order valence-corrected chi connectivity index (χ0v) is 15.0. The molecule has 0 unspecified atom stereocenters. The fourth-order valence-electron chi connectivity index (χ4n) is 2.61. The maximum atomic E-state index is 11.9. The highest BCUT2D eigenvalue weighted by Gasteiger charge is 2.16. The predicted molar refractivity (Wildman–Crippen MR) is 97.0 cm³/mol. The van der Waals surface area contributed by atoms with Gasteiger partial charge in [-0.05, 0) is 12.1 Å². The summed E-state index contributed by atoms with van der Waals surface area (Å²) >= 11 is 0. The van der Waals surface area contributed by atoms with Gasteiger partial charge >= 0.3 is 5.69 Å². The molecule has 0 saturated carbocycles. The Bertz CT molecular complexity index is 1020. The summed E-state index contributed by atoms with van der Waals surface area (Å²) in [5, 5.41) is 4.62. The molecule has 136 valence electrons. The summed E-state index contributed by atoms with van der Waals surface area (Å²) in [5.74, 6) is 2.30. The van der Waals surface area contributed by atoms with Crippen molar-refractivity contribution in [2.45, 2.75) is 32.7 Å². The number of hydrogen-bond donors (Lipinski definition) is 1. The molecular weight excluding hydrogens is 334 g/mol. The number of H-pyrrole nitrogens is 1. The van der Waals surface area contributed by atoms with Crippen LogP contribution in [0.1, 0.15) is 31.4 Å². The molecule has 26 heavy (non-hydrogen) atoms. The van der Waals surface area contributed by atoms with E-state index in [1.807, 2.05) is 38.1 Å². The number of hydrogen-bond acceptors (Lipinski definition) is 5. The second kappa shape index (κ2) is 7.38. The Morgan fingerprint density at radius 3 is 2.65 bits per heavy atom. The van der Waals surface area contributed by atoms with E-state index in [1.54, 1.807) is 11.8 Å². The van der Waals surface area contributed by atoms with E-state index in [4.69, 9.17) is 4.74 Å². The van der Waals surface area contributed by atoms with Gasteiger partial charge in [0.25, 0.3) is 5.56 Å². The molecular formula is C18H21N5O3. The Kier molecular flexibility index (Phi) is 5.01. The van der Waals surface area contributed by atoms with Crippen LogP contribution in [0, 0.1) is 0 Å². The van der Waals surface area contributed by atoms with Gasteiger partial charge in [-0.1, -0.05) is 26.0 Å². The minimum Gasteiger partial charge on any atom is -0.494 e. The average Bonchev–Trinajstić information content (AvgIpc) is 3.05. The number of benzene rings is 1. The van der Waals surface area contributed by atoms with Gasteiger partial charge in [-0.15, -0.1) is 0 Å². The van der Waals surface area contributed by atoms with Crippen LogP contribution in [0.3, 0.4) is 0 Å². The molecule has 0 saturated heterocycles. The monoisotopic (exact) mass is 355 g/mol. The van der Waals surface area contributed by atoms with E-state index in [9.17, 15) is 9.59 Å². The summed E-state index contributed by atoms with van der Waals surface area (Å²) in [6, 6.07) is 8.90. The number of rotatable bonds is 6. The Morgan fingerprint density at radius 2 is 1.96 bits per heavy atom. The number of aromatic amines is 1. The molecule has 0 aliphatic carbocycles. The van der Waals surface area contributed by atoms with Gasteiger partial charge in [0.2, 0.25) is 0 Å². The van der Waals surface area contributed by atoms with Gasteiger partial charge in [-0.3, -0.25) is 9.78 Å². The fourth-order valence-corrected chi connectivity index (χ4v) is 2.61. The summed E-state index contributed by atoms with van der Waals surface area (Å²) in [4.78, 5) is 30.0. The van der Waals surface area contributed by atoms with Crippen LogP contribution in [-0.4, -0.2) is 31.4 Å². The van der Waals surface area contributed by atoms with E-state index in [0.29, 0.717) is 18.7 Å². The summed E-state index contributed by atoms with van der Waals surface area (Å²) < 4.78 is 8.63. The van der Waals surface area contributed by atoms with Crippen LogP contribution in [0.4, 0.5) is 0 Å². The quantitative estimate of drug-likeness (QED) is 0.723. The van der Waals surface area contributed by atoms with Crippen molar-refractivity contribution in [1.29, 1.82) is 0 Å². The van der Waals surface area contributed by atoms with E-state index >= 15 is 0 Å². The van der Waals surface area contributed by atoms with Crippen molar-refractivity contribution in [3.8, 4) is 11.4 Å². The van der Waals surface area contributed by atoms with E-state index in [-0.39, 0.29) is 5.92 Å². The number of para-hydroxylation sites is 2. The smallest absolute Gasteiger partial charge is 0.328 e. The van der Waals surface area contributed by atoms with Crippen LogP contribution >= 0.6 is 0 Å². The van der Waals surface area contributed by atoms with Crippen LogP contribution in [0.15, 0.2) is 46.1 Å². The standard InChI is InChI=1S/C18H21N5O3/c1-12(2)17-19-15(8-10-22-11-9-16(24)20-18(22)25)23(21-17)13-6-4-5-7-14(13)26-3/h4-7,9,11-12H,8,10H2,1-3H3,(H,20,24,25). The normalized spacial score (nSPS) is 11.1. The second-order valence-electron chi connectivity index (χ2n) is 6.18. The first-order valence-corrected chi connectivity index (χ1v) is 8.38. The van der Waals surface area contributed by atoms with Crippen molar-refractivity contribution >= 4 is 0 Å². The summed E-state index contributed by atoms with van der Waals surface area (Å²) in [6.07, 6.45) is 1.96. The minimum atomic E-state index is -0.440. The van der Waals surface area contributed by atoms with Gasteiger partial charge < -0.3 is 9.30 Å². The van der Waals surface area contributed by atoms with Crippen molar-refractivity contribution in [3.05, 3.63) is 69.0 Å². The summed E-state index contributed by atoms with van der Waals surface area (Å²) in [6.45, 7) is 4.43. The third-order valence-electron chi connectivity index (χ3n) is 3.99. The molecule has 0 atom stereocenters. The third kappa shape index (κ3) is 3.58. The highest BCUT2D eigenvalue weighted by Crippen LogP contribution is 2.24. The Balaban J connectivity index is 1.98. The third-order valence-corrected chi connectivity index (χ3v) is 3.99. The number of methoxy groups -OCH3 is 1. The molecule has 0 spiro atoms. The lowest BCUT2D eigenvalue weighted by atomic mass is 10.2. The number of nitrogens with one attached hydrogen (secondary N) is 1. The number of aromatic nitrogens is 5. The Labute approximate surface area is 150 Å². The molecule has 0 amide bonds. The van der Waals surface area contributed by atoms with Crippen molar-refractivity contribution in [1.82, 2.24) is 24.3 Å². The number of nitrogens with zero attached hydrogens (tertiary/aromatic N) is 4. The van der Waals surface area contributed by atoms with Crippen LogP contribution < -0.4 is 16.0 Å². The summed E-state index contributed by atoms with van der Waals surface area (Å²) in [7, 11) is 1.61. The first-order chi connectivity index (χ1) is 12.5. The van der Waals surface area contributed by atoms with Gasteiger partial charge in [-0.2, -0.15) is 5.10 Å². The molecule has 3 aromatic rings. The number of ether oxygens (including phenoxy) is 1. The first kappa shape index (κ1) is 17.7. The average molecular weight is 355 g/mol. The van der Waals surface area contributed by atoms with Crippen molar-refractivity contribution in [3.63, 3.8) is 0 Å². The van der Waals surface area contributed by atoms with Crippen LogP contribution in [0.5, 0.6) is 5.75 Å². The molecule has 8 nitrogen and oxygen atoms in total. The van der Waals surface area contributed by atoms with E-state index in [0.717, 1.165) is 17.3 Å². The maximum absolute atomic E-state index is 11.9. The van der Waals surface area contributed by atoms with Gasteiger partial charge in [0.1, 0.15) is 17.3 Å². The summed E-state index contributed by atoms with van der Waals surface area (Å²) in [5.41, 5.74) is -0.0614. The maximum Gasteiger partial charge on any atom is 0.328 e. The molecule has 0 bridgehead atoms. The van der Waals surface area contributed by atoms with E-state index < -0.39 is 11.2 Å². The highest BCUT2D eigenvalue weighted by molar-refractivity contribution is 5.46. The van der Waals surface area contributed by atoms with Crippen LogP contribution in [0.25, 0.3) is 5.69 Å². The zero-order chi connectivity index (χ0) is 18.7. The lowest BCUT2D eigenvalue weighted by Crippen LogP contribution is -2.29. The number of aryl methyl sites for hydroxylation is 2. The fraction of sp³-hybridized carbons (Fsp3) is 0.333. The van der Waals surface area contributed by atoms with Gasteiger partial charge in [0.05, 0.1) is 7.11 Å². The molecule has 1 aromatic carbocycles. The topological polar surface area (TPSA) is 94.8 Å². The molecule has 0 radical (unpaired) electrons. The van der Waals surface area contributed by atoms with Crippen LogP contribution in [-0.2, 0) is 13.0 Å². The van der Waals surface area contributed by atoms with Gasteiger partial charge in [0.15, 0.2) is 5.82 Å². The second-order valence-corrected chi connectivity index (χ2v) is 6.18. The van der Waals surface area contributed by atoms with E-state index in [2.05, 4.69) is 15.1 Å². The molecule has 0 aliphatic rings. The minimum absolute atomic E-state index is 0.167. The lowest BCUT2D eigenvalue weighted by Gasteiger charge is -2.10. The SMILES string of the molecule is COc1ccccc1-n1nc(C(C)C)nc1CCn1ccc(=O)[nH]c1=O. The Morgan fingerprint density at radius 1 is 1.19 bits per heavy atom. The van der Waals surface area contributed by atoms with Gasteiger partial charge in [0, 0.05) is 31.1 Å². The van der Waals surface area contributed by atoms with Gasteiger partial charge in [-0.25, -0.2) is 14.5 Å². The molecule has 3 rings (SSSR count). The molecule has 0 fully saturated rings. The first-order valence-electron chi connectivity index (χ1n) is 8.38. The highest BCUT2D eigenvalue weighted by atomic mass is 16.5. The molecule has 2 aromatic heterocycles. The predicted octanol–water partition coefficient (Wildman–Crippen LogP) is 1.49. The van der Waals surface area contributed by atoms with Crippen LogP contribution in [0.2, 0.25) is 0 Å². The molecule has 2 heterocycles. The molecule has 1 N–H and O–H groups in total.